The number of ether oxygens (including phenoxy) is 1. The minimum atomic E-state index is -0.473. The Kier molecular flexibility index (Phi) is 3.97. The largest absolute Gasteiger partial charge is 0.482 e. The van der Waals surface area contributed by atoms with E-state index >= 15 is 0 Å². The molecule has 3 rings (SSSR count). The van der Waals surface area contributed by atoms with E-state index in [1.165, 1.54) is 24.3 Å². The molecule has 1 N–H and O–H groups in total. The Balaban J connectivity index is 1.86. The number of amides is 2. The minimum absolute atomic E-state index is 0.00976. The van der Waals surface area contributed by atoms with Crippen LogP contribution in [0.3, 0.4) is 0 Å². The van der Waals surface area contributed by atoms with E-state index in [0.29, 0.717) is 23.7 Å². The highest BCUT2D eigenvalue weighted by Gasteiger charge is 2.24. The second-order valence-electron chi connectivity index (χ2n) is 5.07. The van der Waals surface area contributed by atoms with Gasteiger partial charge in [0, 0.05) is 17.8 Å². The standard InChI is InChI=1S/C17H15FN2O3/c1-2-20-14-9-13(6-7-15(14)23-10-16(20)21)19-17(22)11-4-3-5-12(18)8-11/h3-9H,2,10H2,1H3,(H,19,22). The van der Waals surface area contributed by atoms with Gasteiger partial charge in [-0.15, -0.1) is 0 Å². The number of hydrogen-bond acceptors (Lipinski definition) is 3. The molecule has 2 aromatic carbocycles. The molecule has 1 aliphatic heterocycles. The van der Waals surface area contributed by atoms with E-state index in [0.717, 1.165) is 0 Å². The summed E-state index contributed by atoms with van der Waals surface area (Å²) in [5.74, 6) is -0.432. The van der Waals surface area contributed by atoms with Gasteiger partial charge in [-0.25, -0.2) is 4.39 Å². The van der Waals surface area contributed by atoms with Crippen LogP contribution in [0.25, 0.3) is 0 Å². The molecule has 0 radical (unpaired) electrons. The molecule has 5 nitrogen and oxygen atoms in total. The van der Waals surface area contributed by atoms with Crippen LogP contribution in [0.4, 0.5) is 15.8 Å². The van der Waals surface area contributed by atoms with Gasteiger partial charge in [0.2, 0.25) is 0 Å². The van der Waals surface area contributed by atoms with Crippen LogP contribution >= 0.6 is 0 Å². The average Bonchev–Trinajstić information content (AvgIpc) is 2.54. The molecule has 0 atom stereocenters. The van der Waals surface area contributed by atoms with Crippen LogP contribution in [0, 0.1) is 5.82 Å². The maximum absolute atomic E-state index is 13.2. The van der Waals surface area contributed by atoms with Gasteiger partial charge in [0.25, 0.3) is 11.8 Å². The molecule has 23 heavy (non-hydrogen) atoms. The molecular formula is C17H15FN2O3. The van der Waals surface area contributed by atoms with Crippen LogP contribution in [0.15, 0.2) is 42.5 Å². The number of carbonyl (C=O) groups excluding carboxylic acids is 2. The van der Waals surface area contributed by atoms with Crippen LogP contribution in [-0.2, 0) is 4.79 Å². The first kappa shape index (κ1) is 15.0. The van der Waals surface area contributed by atoms with E-state index in [4.69, 9.17) is 4.74 Å². The predicted molar refractivity (Wildman–Crippen MR) is 84.3 cm³/mol. The van der Waals surface area contributed by atoms with Crippen molar-refractivity contribution in [3.8, 4) is 5.75 Å². The number of nitrogens with one attached hydrogen (secondary N) is 1. The number of fused-ring (bicyclic) bond motifs is 1. The van der Waals surface area contributed by atoms with Crippen molar-refractivity contribution in [1.82, 2.24) is 0 Å². The van der Waals surface area contributed by atoms with Crippen LogP contribution in [0.1, 0.15) is 17.3 Å². The van der Waals surface area contributed by atoms with E-state index in [1.807, 2.05) is 6.92 Å². The predicted octanol–water partition coefficient (Wildman–Crippen LogP) is 2.82. The van der Waals surface area contributed by atoms with Crippen molar-refractivity contribution in [2.75, 3.05) is 23.4 Å². The number of likely N-dealkylation sites (N-methyl/N-ethyl adjacent to an activating group) is 1. The molecule has 2 amide bonds. The molecule has 118 valence electrons. The fourth-order valence-electron chi connectivity index (χ4n) is 2.46. The summed E-state index contributed by atoms with van der Waals surface area (Å²) in [4.78, 5) is 25.6. The summed E-state index contributed by atoms with van der Waals surface area (Å²) in [5, 5.41) is 2.70. The monoisotopic (exact) mass is 314 g/mol. The van der Waals surface area contributed by atoms with Gasteiger partial charge in [-0.2, -0.15) is 0 Å². The fraction of sp³-hybridized carbons (Fsp3) is 0.176. The van der Waals surface area contributed by atoms with Gasteiger partial charge in [-0.3, -0.25) is 9.59 Å². The Morgan fingerprint density at radius 3 is 2.87 bits per heavy atom. The summed E-state index contributed by atoms with van der Waals surface area (Å²) in [6.07, 6.45) is 0. The summed E-state index contributed by atoms with van der Waals surface area (Å²) in [7, 11) is 0. The van der Waals surface area contributed by atoms with E-state index in [9.17, 15) is 14.0 Å². The van der Waals surface area contributed by atoms with Crippen molar-refractivity contribution >= 4 is 23.2 Å². The first-order valence-corrected chi connectivity index (χ1v) is 7.22. The maximum Gasteiger partial charge on any atom is 0.265 e. The summed E-state index contributed by atoms with van der Waals surface area (Å²) in [6, 6.07) is 10.5. The highest BCUT2D eigenvalue weighted by Crippen LogP contribution is 2.34. The maximum atomic E-state index is 13.2. The summed E-state index contributed by atoms with van der Waals surface area (Å²) < 4.78 is 18.6. The zero-order valence-corrected chi connectivity index (χ0v) is 12.5. The van der Waals surface area contributed by atoms with Crippen LogP contribution in [0.5, 0.6) is 5.75 Å². The lowest BCUT2D eigenvalue weighted by molar-refractivity contribution is -0.121. The lowest BCUT2D eigenvalue weighted by Gasteiger charge is -2.28. The molecule has 0 fully saturated rings. The average molecular weight is 314 g/mol. The van der Waals surface area contributed by atoms with Crippen molar-refractivity contribution in [2.24, 2.45) is 0 Å². The Morgan fingerprint density at radius 2 is 2.13 bits per heavy atom. The molecule has 0 aromatic heterocycles. The van der Waals surface area contributed by atoms with Gasteiger partial charge in [0.1, 0.15) is 11.6 Å². The van der Waals surface area contributed by atoms with Gasteiger partial charge >= 0.3 is 0 Å². The smallest absolute Gasteiger partial charge is 0.265 e. The lowest BCUT2D eigenvalue weighted by atomic mass is 10.1. The molecule has 2 aromatic rings. The Labute approximate surface area is 132 Å². The second kappa shape index (κ2) is 6.08. The lowest BCUT2D eigenvalue weighted by Crippen LogP contribution is -2.38. The molecular weight excluding hydrogens is 299 g/mol. The Bertz CT molecular complexity index is 776. The molecule has 0 unspecified atom stereocenters. The third-order valence-corrected chi connectivity index (χ3v) is 3.56. The van der Waals surface area contributed by atoms with Crippen molar-refractivity contribution in [3.05, 3.63) is 53.8 Å². The van der Waals surface area contributed by atoms with E-state index in [2.05, 4.69) is 5.32 Å². The van der Waals surface area contributed by atoms with Gasteiger partial charge in [-0.05, 0) is 43.3 Å². The molecule has 0 saturated heterocycles. The summed E-state index contributed by atoms with van der Waals surface area (Å²) in [5.41, 5.74) is 1.35. The zero-order valence-electron chi connectivity index (χ0n) is 12.5. The molecule has 0 saturated carbocycles. The summed E-state index contributed by atoms with van der Waals surface area (Å²) in [6.45, 7) is 2.39. The van der Waals surface area contributed by atoms with Crippen LogP contribution < -0.4 is 15.0 Å². The number of anilines is 2. The first-order valence-electron chi connectivity index (χ1n) is 7.22. The molecule has 0 aliphatic carbocycles. The van der Waals surface area contributed by atoms with E-state index in [-0.39, 0.29) is 18.1 Å². The number of rotatable bonds is 3. The van der Waals surface area contributed by atoms with Gasteiger partial charge in [-0.1, -0.05) is 6.07 Å². The van der Waals surface area contributed by atoms with E-state index in [1.54, 1.807) is 23.1 Å². The third-order valence-electron chi connectivity index (χ3n) is 3.56. The fourth-order valence-corrected chi connectivity index (χ4v) is 2.46. The van der Waals surface area contributed by atoms with Gasteiger partial charge < -0.3 is 15.0 Å². The summed E-state index contributed by atoms with van der Waals surface area (Å²) >= 11 is 0. The van der Waals surface area contributed by atoms with Gasteiger partial charge in [0.15, 0.2) is 6.61 Å². The molecule has 1 heterocycles. The number of halogens is 1. The quantitative estimate of drug-likeness (QED) is 0.948. The number of hydrogen-bond donors (Lipinski definition) is 1. The second-order valence-corrected chi connectivity index (χ2v) is 5.07. The number of benzene rings is 2. The highest BCUT2D eigenvalue weighted by atomic mass is 19.1. The normalized spacial score (nSPS) is 13.3. The Hall–Kier alpha value is -2.89. The topological polar surface area (TPSA) is 58.6 Å². The SMILES string of the molecule is CCN1C(=O)COc2ccc(NC(=O)c3cccc(F)c3)cc21. The molecule has 0 spiro atoms. The van der Waals surface area contributed by atoms with Crippen LogP contribution in [-0.4, -0.2) is 25.0 Å². The number of carbonyl (C=O) groups is 2. The van der Waals surface area contributed by atoms with Gasteiger partial charge in [0.05, 0.1) is 5.69 Å². The molecule has 0 bridgehead atoms. The minimum Gasteiger partial charge on any atom is -0.482 e. The molecule has 6 heteroatoms. The first-order chi connectivity index (χ1) is 11.1. The Morgan fingerprint density at radius 1 is 1.30 bits per heavy atom. The van der Waals surface area contributed by atoms with E-state index < -0.39 is 11.7 Å². The molecule has 1 aliphatic rings. The van der Waals surface area contributed by atoms with Crippen molar-refractivity contribution in [3.63, 3.8) is 0 Å². The third kappa shape index (κ3) is 3.01. The van der Waals surface area contributed by atoms with Crippen LogP contribution in [0.2, 0.25) is 0 Å². The van der Waals surface area contributed by atoms with Crippen molar-refractivity contribution in [2.45, 2.75) is 6.92 Å². The zero-order chi connectivity index (χ0) is 16.4. The highest BCUT2D eigenvalue weighted by molar-refractivity contribution is 6.05. The number of nitrogens with zero attached hydrogens (tertiary/aromatic N) is 1. The van der Waals surface area contributed by atoms with Crippen molar-refractivity contribution in [1.29, 1.82) is 0 Å². The van der Waals surface area contributed by atoms with Crippen molar-refractivity contribution < 1.29 is 18.7 Å².